The Kier molecular flexibility index (Phi) is 7.19. The molecular formula is C16H25NO2. The summed E-state index contributed by atoms with van der Waals surface area (Å²) in [6.45, 7) is 4.90. The standard InChI is InChI=1S/C16H25NO2/c1-13(2)15(16(18)19-3)17-12-8-7-11-14-9-5-4-6-10-14/h4-6,9-10,13,15,17H,7-8,11-12H2,1-3H3. The van der Waals surface area contributed by atoms with Crippen LogP contribution in [0.15, 0.2) is 30.3 Å². The molecule has 1 aromatic rings. The molecule has 0 aromatic heterocycles. The van der Waals surface area contributed by atoms with Gasteiger partial charge in [0.15, 0.2) is 0 Å². The van der Waals surface area contributed by atoms with Crippen LogP contribution in [0.1, 0.15) is 32.3 Å². The van der Waals surface area contributed by atoms with E-state index >= 15 is 0 Å². The highest BCUT2D eigenvalue weighted by molar-refractivity contribution is 5.75. The van der Waals surface area contributed by atoms with E-state index in [4.69, 9.17) is 4.74 Å². The van der Waals surface area contributed by atoms with Crippen LogP contribution < -0.4 is 5.32 Å². The first-order chi connectivity index (χ1) is 9.15. The maximum absolute atomic E-state index is 11.6. The Morgan fingerprint density at radius 1 is 1.21 bits per heavy atom. The lowest BCUT2D eigenvalue weighted by atomic mass is 10.0. The minimum absolute atomic E-state index is 0.168. The van der Waals surface area contributed by atoms with Crippen molar-refractivity contribution in [2.75, 3.05) is 13.7 Å². The van der Waals surface area contributed by atoms with E-state index in [0.29, 0.717) is 0 Å². The van der Waals surface area contributed by atoms with Gasteiger partial charge >= 0.3 is 5.97 Å². The van der Waals surface area contributed by atoms with Crippen molar-refractivity contribution in [1.82, 2.24) is 5.32 Å². The van der Waals surface area contributed by atoms with E-state index < -0.39 is 0 Å². The fourth-order valence-electron chi connectivity index (χ4n) is 2.07. The number of aryl methyl sites for hydroxylation is 1. The summed E-state index contributed by atoms with van der Waals surface area (Å²) < 4.78 is 4.80. The summed E-state index contributed by atoms with van der Waals surface area (Å²) in [5.41, 5.74) is 1.37. The van der Waals surface area contributed by atoms with Gasteiger partial charge in [-0.1, -0.05) is 44.2 Å². The van der Waals surface area contributed by atoms with Gasteiger partial charge in [-0.25, -0.2) is 0 Å². The maximum Gasteiger partial charge on any atom is 0.323 e. The smallest absolute Gasteiger partial charge is 0.323 e. The van der Waals surface area contributed by atoms with Gasteiger partial charge in [0.05, 0.1) is 7.11 Å². The summed E-state index contributed by atoms with van der Waals surface area (Å²) in [6.07, 6.45) is 3.28. The van der Waals surface area contributed by atoms with Gasteiger partial charge < -0.3 is 10.1 Å². The molecule has 3 heteroatoms. The zero-order valence-electron chi connectivity index (χ0n) is 12.2. The Hall–Kier alpha value is -1.35. The van der Waals surface area contributed by atoms with Crippen molar-refractivity contribution in [1.29, 1.82) is 0 Å². The van der Waals surface area contributed by atoms with Crippen molar-refractivity contribution < 1.29 is 9.53 Å². The van der Waals surface area contributed by atoms with Crippen molar-refractivity contribution >= 4 is 5.97 Å². The molecule has 0 fully saturated rings. The number of hydrogen-bond acceptors (Lipinski definition) is 3. The van der Waals surface area contributed by atoms with Crippen molar-refractivity contribution in [3.8, 4) is 0 Å². The molecule has 1 unspecified atom stereocenters. The van der Waals surface area contributed by atoms with Crippen molar-refractivity contribution in [3.05, 3.63) is 35.9 Å². The molecule has 0 spiro atoms. The third-order valence-electron chi connectivity index (χ3n) is 3.22. The summed E-state index contributed by atoms with van der Waals surface area (Å²) in [4.78, 5) is 11.6. The molecule has 0 aliphatic heterocycles. The summed E-state index contributed by atoms with van der Waals surface area (Å²) in [5, 5.41) is 3.28. The van der Waals surface area contributed by atoms with E-state index in [2.05, 4.69) is 29.6 Å². The Bertz CT molecular complexity index is 362. The molecule has 1 N–H and O–H groups in total. The largest absolute Gasteiger partial charge is 0.468 e. The van der Waals surface area contributed by atoms with Crippen LogP contribution in [-0.2, 0) is 16.0 Å². The first kappa shape index (κ1) is 15.7. The van der Waals surface area contributed by atoms with Crippen molar-refractivity contribution in [3.63, 3.8) is 0 Å². The summed E-state index contributed by atoms with van der Waals surface area (Å²) >= 11 is 0. The van der Waals surface area contributed by atoms with Crippen molar-refractivity contribution in [2.24, 2.45) is 5.92 Å². The van der Waals surface area contributed by atoms with Gasteiger partial charge in [-0.15, -0.1) is 0 Å². The van der Waals surface area contributed by atoms with Crippen LogP contribution in [0.3, 0.4) is 0 Å². The first-order valence-corrected chi connectivity index (χ1v) is 7.00. The molecule has 1 aromatic carbocycles. The van der Waals surface area contributed by atoms with Crippen LogP contribution in [0, 0.1) is 5.92 Å². The summed E-state index contributed by atoms with van der Waals surface area (Å²) in [6, 6.07) is 10.3. The fraction of sp³-hybridized carbons (Fsp3) is 0.562. The van der Waals surface area contributed by atoms with Crippen LogP contribution in [0.2, 0.25) is 0 Å². The van der Waals surface area contributed by atoms with Gasteiger partial charge in [-0.3, -0.25) is 4.79 Å². The second kappa shape index (κ2) is 8.70. The van der Waals surface area contributed by atoms with Gasteiger partial charge in [-0.2, -0.15) is 0 Å². The lowest BCUT2D eigenvalue weighted by Gasteiger charge is -2.19. The number of esters is 1. The quantitative estimate of drug-likeness (QED) is 0.579. The molecule has 0 radical (unpaired) electrons. The van der Waals surface area contributed by atoms with E-state index in [1.807, 2.05) is 19.9 Å². The molecule has 19 heavy (non-hydrogen) atoms. The lowest BCUT2D eigenvalue weighted by Crippen LogP contribution is -2.42. The highest BCUT2D eigenvalue weighted by atomic mass is 16.5. The van der Waals surface area contributed by atoms with Crippen LogP contribution >= 0.6 is 0 Å². The Labute approximate surface area is 116 Å². The molecule has 1 rings (SSSR count). The fourth-order valence-corrected chi connectivity index (χ4v) is 2.07. The predicted molar refractivity (Wildman–Crippen MR) is 78.0 cm³/mol. The zero-order chi connectivity index (χ0) is 14.1. The zero-order valence-corrected chi connectivity index (χ0v) is 12.2. The third kappa shape index (κ3) is 5.88. The maximum atomic E-state index is 11.6. The number of rotatable bonds is 8. The number of nitrogens with one attached hydrogen (secondary N) is 1. The molecule has 0 saturated carbocycles. The van der Waals surface area contributed by atoms with E-state index in [1.165, 1.54) is 12.7 Å². The molecule has 0 aliphatic rings. The van der Waals surface area contributed by atoms with Gasteiger partial charge in [0.1, 0.15) is 6.04 Å². The topological polar surface area (TPSA) is 38.3 Å². The minimum atomic E-state index is -0.193. The molecule has 3 nitrogen and oxygen atoms in total. The Balaban J connectivity index is 2.20. The number of ether oxygens (including phenoxy) is 1. The highest BCUT2D eigenvalue weighted by Gasteiger charge is 2.21. The van der Waals surface area contributed by atoms with Crippen molar-refractivity contribution in [2.45, 2.75) is 39.2 Å². The SMILES string of the molecule is COC(=O)C(NCCCCc1ccccc1)C(C)C. The number of unbranched alkanes of at least 4 members (excludes halogenated alkanes) is 1. The first-order valence-electron chi connectivity index (χ1n) is 7.00. The summed E-state index contributed by atoms with van der Waals surface area (Å²) in [5.74, 6) is 0.0830. The number of methoxy groups -OCH3 is 1. The monoisotopic (exact) mass is 263 g/mol. The second-order valence-electron chi connectivity index (χ2n) is 5.14. The highest BCUT2D eigenvalue weighted by Crippen LogP contribution is 2.06. The van der Waals surface area contributed by atoms with E-state index in [-0.39, 0.29) is 17.9 Å². The average Bonchev–Trinajstić information content (AvgIpc) is 2.42. The minimum Gasteiger partial charge on any atom is -0.468 e. The van der Waals surface area contributed by atoms with Gasteiger partial charge in [-0.05, 0) is 37.3 Å². The van der Waals surface area contributed by atoms with E-state index in [9.17, 15) is 4.79 Å². The molecule has 0 aliphatic carbocycles. The molecule has 0 bridgehead atoms. The molecule has 1 atom stereocenters. The van der Waals surface area contributed by atoms with E-state index in [0.717, 1.165) is 25.8 Å². The van der Waals surface area contributed by atoms with Gasteiger partial charge in [0, 0.05) is 0 Å². The normalized spacial score (nSPS) is 12.4. The van der Waals surface area contributed by atoms with Crippen LogP contribution in [-0.4, -0.2) is 25.7 Å². The predicted octanol–water partition coefficient (Wildman–Crippen LogP) is 2.80. The Morgan fingerprint density at radius 3 is 2.47 bits per heavy atom. The van der Waals surface area contributed by atoms with Gasteiger partial charge in [0.25, 0.3) is 0 Å². The lowest BCUT2D eigenvalue weighted by molar-refractivity contribution is -0.144. The third-order valence-corrected chi connectivity index (χ3v) is 3.22. The van der Waals surface area contributed by atoms with Crippen LogP contribution in [0.25, 0.3) is 0 Å². The van der Waals surface area contributed by atoms with E-state index in [1.54, 1.807) is 0 Å². The number of carbonyl (C=O) groups is 1. The van der Waals surface area contributed by atoms with Crippen LogP contribution in [0.5, 0.6) is 0 Å². The summed E-state index contributed by atoms with van der Waals surface area (Å²) in [7, 11) is 1.44. The molecular weight excluding hydrogens is 238 g/mol. The number of benzene rings is 1. The number of carbonyl (C=O) groups excluding carboxylic acids is 1. The second-order valence-corrected chi connectivity index (χ2v) is 5.14. The Morgan fingerprint density at radius 2 is 1.89 bits per heavy atom. The molecule has 0 heterocycles. The average molecular weight is 263 g/mol. The van der Waals surface area contributed by atoms with Crippen LogP contribution in [0.4, 0.5) is 0 Å². The molecule has 0 saturated heterocycles. The van der Waals surface area contributed by atoms with Gasteiger partial charge in [0.2, 0.25) is 0 Å². The molecule has 106 valence electrons. The number of hydrogen-bond donors (Lipinski definition) is 1. The molecule has 0 amide bonds.